The molecule has 0 atom stereocenters. The van der Waals surface area contributed by atoms with Crippen molar-refractivity contribution in [3.8, 4) is 0 Å². The van der Waals surface area contributed by atoms with Crippen molar-refractivity contribution in [1.29, 1.82) is 0 Å². The third-order valence-corrected chi connectivity index (χ3v) is 1.86. The van der Waals surface area contributed by atoms with E-state index in [0.29, 0.717) is 5.06 Å². The number of hydrogen-bond donors (Lipinski definition) is 3. The second kappa shape index (κ2) is 9.11. The molecule has 0 aromatic carbocycles. The van der Waals surface area contributed by atoms with Crippen molar-refractivity contribution >= 4 is 14.0 Å². The fourth-order valence-corrected chi connectivity index (χ4v) is 1.04. The van der Waals surface area contributed by atoms with Gasteiger partial charge in [0, 0.05) is 6.54 Å². The molecule has 0 aliphatic carbocycles. The predicted octanol–water partition coefficient (Wildman–Crippen LogP) is -4.31. The minimum absolute atomic E-state index is 0. The van der Waals surface area contributed by atoms with Crippen LogP contribution in [0.25, 0.3) is 0 Å². The van der Waals surface area contributed by atoms with Gasteiger partial charge in [0.25, 0.3) is 0 Å². The van der Waals surface area contributed by atoms with Crippen LogP contribution in [0.1, 0.15) is 7.85 Å². The Kier molecular flexibility index (Phi) is 13.4. The van der Waals surface area contributed by atoms with E-state index in [1.54, 1.807) is 0 Å². The van der Waals surface area contributed by atoms with Crippen LogP contribution in [0.5, 0.6) is 0 Å². The van der Waals surface area contributed by atoms with Crippen molar-refractivity contribution in [2.45, 2.75) is 6.42 Å². The van der Waals surface area contributed by atoms with E-state index in [-0.39, 0.29) is 62.0 Å². The van der Waals surface area contributed by atoms with E-state index < -0.39 is 7.60 Å². The van der Waals surface area contributed by atoms with Gasteiger partial charge in [-0.3, -0.25) is 14.6 Å². The molecule has 7 nitrogen and oxygen atoms in total. The van der Waals surface area contributed by atoms with E-state index >= 15 is 0 Å². The Labute approximate surface area is 98.9 Å². The van der Waals surface area contributed by atoms with Gasteiger partial charge in [-0.2, -0.15) is 0 Å². The number of nitrogens with zero attached hydrogens (tertiary/aromatic N) is 1. The first-order valence-electron chi connectivity index (χ1n) is 2.91. The molecule has 0 aliphatic rings. The summed E-state index contributed by atoms with van der Waals surface area (Å²) in [5.41, 5.74) is 0. The van der Waals surface area contributed by atoms with Gasteiger partial charge in [-0.25, -0.2) is 5.06 Å². The molecule has 0 rings (SSSR count). The van der Waals surface area contributed by atoms with Gasteiger partial charge in [-0.05, 0) is 6.42 Å². The van der Waals surface area contributed by atoms with Crippen molar-refractivity contribution < 1.29 is 60.8 Å². The van der Waals surface area contributed by atoms with Gasteiger partial charge in [0.1, 0.15) is 0 Å². The summed E-state index contributed by atoms with van der Waals surface area (Å²) < 4.78 is 10.2. The summed E-state index contributed by atoms with van der Waals surface area (Å²) in [6, 6.07) is 0. The zero-order chi connectivity index (χ0) is 8.91. The molecule has 13 heavy (non-hydrogen) atoms. The fourth-order valence-electron chi connectivity index (χ4n) is 0.491. The minimum atomic E-state index is -3.99. The van der Waals surface area contributed by atoms with Gasteiger partial charge in [0.2, 0.25) is 6.41 Å². The summed E-state index contributed by atoms with van der Waals surface area (Å²) in [4.78, 5) is 26.4. The Morgan fingerprint density at radius 2 is 1.92 bits per heavy atom. The van der Waals surface area contributed by atoms with Crippen LogP contribution in [0.4, 0.5) is 0 Å². The molecule has 1 amide bonds. The molecule has 0 radical (unpaired) electrons. The summed E-state index contributed by atoms with van der Waals surface area (Å²) in [5, 5.41) is 8.81. The Hall–Kier alpha value is 0.540. The maximum atomic E-state index is 10.2. The van der Waals surface area contributed by atoms with Crippen LogP contribution in [0, 0.1) is 0 Å². The van der Waals surface area contributed by atoms with Gasteiger partial charge < -0.3 is 16.7 Å². The summed E-state index contributed by atoms with van der Waals surface area (Å²) in [6.07, 6.45) is -0.0584. The third-order valence-electron chi connectivity index (χ3n) is 0.958. The maximum absolute atomic E-state index is 10.2. The SMILES string of the molecule is O.O=CN(O)CCCP(=O)(O)O.[H-].[Na+]. The van der Waals surface area contributed by atoms with Gasteiger partial charge in [-0.15, -0.1) is 0 Å². The second-order valence-electron chi connectivity index (χ2n) is 2.01. The van der Waals surface area contributed by atoms with Crippen LogP contribution in [0.2, 0.25) is 0 Å². The Morgan fingerprint density at radius 3 is 2.23 bits per heavy atom. The van der Waals surface area contributed by atoms with Crippen molar-refractivity contribution in [3.05, 3.63) is 0 Å². The summed E-state index contributed by atoms with van der Waals surface area (Å²) in [7, 11) is -3.99. The minimum Gasteiger partial charge on any atom is -1.00 e. The molecule has 0 saturated heterocycles. The normalized spacial score (nSPS) is 9.46. The molecule has 0 fully saturated rings. The topological polar surface area (TPSA) is 130 Å². The first-order valence-corrected chi connectivity index (χ1v) is 4.71. The Balaban J connectivity index is -0.000000167. The van der Waals surface area contributed by atoms with Crippen LogP contribution in [-0.2, 0) is 9.36 Å². The van der Waals surface area contributed by atoms with Gasteiger partial charge >= 0.3 is 37.2 Å². The van der Waals surface area contributed by atoms with Crippen molar-refractivity contribution in [1.82, 2.24) is 5.06 Å². The van der Waals surface area contributed by atoms with E-state index in [2.05, 4.69) is 0 Å². The average molecular weight is 225 g/mol. The third kappa shape index (κ3) is 15.3. The average Bonchev–Trinajstić information content (AvgIpc) is 1.85. The first-order chi connectivity index (χ1) is 4.95. The smallest absolute Gasteiger partial charge is 1.00 e. The molecular formula is C4H13NNaO6P. The molecule has 5 N–H and O–H groups in total. The summed E-state index contributed by atoms with van der Waals surface area (Å²) >= 11 is 0. The number of carbonyl (C=O) groups is 1. The van der Waals surface area contributed by atoms with Crippen LogP contribution in [0.3, 0.4) is 0 Å². The molecule has 0 bridgehead atoms. The van der Waals surface area contributed by atoms with Crippen LogP contribution >= 0.6 is 7.60 Å². The van der Waals surface area contributed by atoms with E-state index in [1.165, 1.54) is 0 Å². The summed E-state index contributed by atoms with van der Waals surface area (Å²) in [5.74, 6) is 0. The maximum Gasteiger partial charge on any atom is 1.00 e. The molecular weight excluding hydrogens is 212 g/mol. The molecule has 0 aliphatic heterocycles. The van der Waals surface area contributed by atoms with E-state index in [0.717, 1.165) is 0 Å². The number of hydroxylamine groups is 2. The Morgan fingerprint density at radius 1 is 1.46 bits per heavy atom. The Bertz CT molecular complexity index is 177. The molecule has 0 heterocycles. The van der Waals surface area contributed by atoms with Crippen molar-refractivity contribution in [3.63, 3.8) is 0 Å². The molecule has 0 unspecified atom stereocenters. The molecule has 0 saturated carbocycles. The van der Waals surface area contributed by atoms with Gasteiger partial charge in [0.15, 0.2) is 0 Å². The van der Waals surface area contributed by atoms with Gasteiger partial charge in [0.05, 0.1) is 6.16 Å². The number of amides is 1. The molecule has 76 valence electrons. The first kappa shape index (κ1) is 19.2. The number of carbonyl (C=O) groups excluding carboxylic acids is 1. The fraction of sp³-hybridized carbons (Fsp3) is 0.750. The van der Waals surface area contributed by atoms with E-state index in [4.69, 9.17) is 15.0 Å². The predicted molar refractivity (Wildman–Crippen MR) is 40.8 cm³/mol. The quantitative estimate of drug-likeness (QED) is 0.143. The van der Waals surface area contributed by atoms with Crippen molar-refractivity contribution in [2.24, 2.45) is 0 Å². The molecule has 0 spiro atoms. The standard InChI is InChI=1S/C4H10NO5P.Na.H2O.H/c6-4-5(7)2-1-3-11(8,9)10;;;/h4,7H,1-3H2,(H2,8,9,10);;1H2;/q;+1;;-1. The number of hydrogen-bond acceptors (Lipinski definition) is 3. The summed E-state index contributed by atoms with van der Waals surface area (Å²) in [6.45, 7) is -0.0609. The van der Waals surface area contributed by atoms with E-state index in [1.807, 2.05) is 0 Å². The molecule has 9 heteroatoms. The zero-order valence-electron chi connectivity index (χ0n) is 8.25. The van der Waals surface area contributed by atoms with E-state index in [9.17, 15) is 9.36 Å². The number of rotatable bonds is 5. The largest absolute Gasteiger partial charge is 1.00 e. The monoisotopic (exact) mass is 225 g/mol. The van der Waals surface area contributed by atoms with Crippen molar-refractivity contribution in [2.75, 3.05) is 12.7 Å². The van der Waals surface area contributed by atoms with Gasteiger partial charge in [-0.1, -0.05) is 0 Å². The molecule has 0 aromatic rings. The van der Waals surface area contributed by atoms with Crippen LogP contribution in [-0.4, -0.2) is 44.7 Å². The van der Waals surface area contributed by atoms with Crippen LogP contribution in [0.15, 0.2) is 0 Å². The zero-order valence-corrected chi connectivity index (χ0v) is 10.1. The van der Waals surface area contributed by atoms with Crippen LogP contribution < -0.4 is 29.6 Å². The second-order valence-corrected chi connectivity index (χ2v) is 3.79. The molecule has 0 aromatic heterocycles.